The van der Waals surface area contributed by atoms with Gasteiger partial charge in [0.05, 0.1) is 7.11 Å². The van der Waals surface area contributed by atoms with Gasteiger partial charge in [0.2, 0.25) is 0 Å². The molecule has 0 atom stereocenters. The molecule has 1 aromatic carbocycles. The first-order chi connectivity index (χ1) is 11.1. The first-order valence-electron chi connectivity index (χ1n) is 9.24. The number of aryl methyl sites for hydroxylation is 1. The number of hydrogen-bond donors (Lipinski definition) is 0. The fraction of sp³-hybridized carbons (Fsp3) is 0.667. The molecule has 1 spiro atoms. The van der Waals surface area contributed by atoms with Gasteiger partial charge in [-0.2, -0.15) is 0 Å². The summed E-state index contributed by atoms with van der Waals surface area (Å²) < 4.78 is 4.82. The van der Waals surface area contributed by atoms with Crippen LogP contribution in [-0.4, -0.2) is 13.1 Å². The standard InChI is InChI=1S/C21H30O2/c1-16-3-5-18(6-4-16)19-9-13-21(14-10-19)11-7-17(8-12-21)15-20(22)23-2/h3-6,17,19H,7-15H2,1-2H3. The maximum absolute atomic E-state index is 11.4. The van der Waals surface area contributed by atoms with Gasteiger partial charge in [-0.25, -0.2) is 0 Å². The average molecular weight is 314 g/mol. The van der Waals surface area contributed by atoms with Crippen molar-refractivity contribution in [2.24, 2.45) is 11.3 Å². The zero-order valence-corrected chi connectivity index (χ0v) is 14.6. The molecule has 0 heterocycles. The van der Waals surface area contributed by atoms with Crippen molar-refractivity contribution in [3.8, 4) is 0 Å². The molecule has 0 radical (unpaired) electrons. The molecule has 1 aromatic rings. The molecule has 2 saturated carbocycles. The molecule has 2 aliphatic rings. The highest BCUT2D eigenvalue weighted by Gasteiger charge is 2.39. The van der Waals surface area contributed by atoms with Crippen LogP contribution in [0.4, 0.5) is 0 Å². The summed E-state index contributed by atoms with van der Waals surface area (Å²) in [5.74, 6) is 1.28. The third-order valence-electron chi connectivity index (χ3n) is 6.44. The minimum absolute atomic E-state index is 0.0333. The van der Waals surface area contributed by atoms with Crippen LogP contribution in [0.25, 0.3) is 0 Å². The molecule has 2 aliphatic carbocycles. The van der Waals surface area contributed by atoms with Crippen LogP contribution in [0.1, 0.15) is 74.8 Å². The number of carbonyl (C=O) groups excluding carboxylic acids is 1. The number of rotatable bonds is 3. The molecule has 0 N–H and O–H groups in total. The van der Waals surface area contributed by atoms with Crippen molar-refractivity contribution in [3.63, 3.8) is 0 Å². The van der Waals surface area contributed by atoms with E-state index in [0.717, 1.165) is 5.92 Å². The van der Waals surface area contributed by atoms with E-state index in [4.69, 9.17) is 4.74 Å². The van der Waals surface area contributed by atoms with Gasteiger partial charge in [0, 0.05) is 6.42 Å². The lowest BCUT2D eigenvalue weighted by Crippen LogP contribution is -2.32. The van der Waals surface area contributed by atoms with E-state index in [1.165, 1.54) is 69.6 Å². The van der Waals surface area contributed by atoms with Gasteiger partial charge in [0.1, 0.15) is 0 Å². The van der Waals surface area contributed by atoms with Gasteiger partial charge in [-0.1, -0.05) is 29.8 Å². The van der Waals surface area contributed by atoms with Gasteiger partial charge < -0.3 is 4.74 Å². The summed E-state index contributed by atoms with van der Waals surface area (Å²) in [4.78, 5) is 11.4. The topological polar surface area (TPSA) is 26.3 Å². The summed E-state index contributed by atoms with van der Waals surface area (Å²) >= 11 is 0. The fourth-order valence-corrected chi connectivity index (χ4v) is 4.72. The van der Waals surface area contributed by atoms with E-state index < -0.39 is 0 Å². The molecule has 0 saturated heterocycles. The van der Waals surface area contributed by atoms with Crippen molar-refractivity contribution < 1.29 is 9.53 Å². The Morgan fingerprint density at radius 2 is 1.61 bits per heavy atom. The normalized spacial score (nSPS) is 31.0. The molecule has 0 aliphatic heterocycles. The number of hydrogen-bond acceptors (Lipinski definition) is 2. The van der Waals surface area contributed by atoms with Crippen LogP contribution in [0.5, 0.6) is 0 Å². The zero-order chi connectivity index (χ0) is 16.3. The van der Waals surface area contributed by atoms with Gasteiger partial charge >= 0.3 is 5.97 Å². The Kier molecular flexibility index (Phi) is 5.08. The Labute approximate surface area is 140 Å². The molecule has 0 amide bonds. The third-order valence-corrected chi connectivity index (χ3v) is 6.44. The summed E-state index contributed by atoms with van der Waals surface area (Å²) in [6.07, 6.45) is 11.1. The van der Waals surface area contributed by atoms with E-state index in [0.29, 0.717) is 17.8 Å². The van der Waals surface area contributed by atoms with E-state index >= 15 is 0 Å². The molecule has 126 valence electrons. The highest BCUT2D eigenvalue weighted by Crippen LogP contribution is 2.52. The molecular formula is C21H30O2. The van der Waals surface area contributed by atoms with E-state index in [1.807, 2.05) is 0 Å². The highest BCUT2D eigenvalue weighted by atomic mass is 16.5. The summed E-state index contributed by atoms with van der Waals surface area (Å²) in [5, 5.41) is 0. The molecule has 0 unspecified atom stereocenters. The molecule has 3 rings (SSSR count). The average Bonchev–Trinajstić information content (AvgIpc) is 2.59. The van der Waals surface area contributed by atoms with E-state index in [9.17, 15) is 4.79 Å². The predicted octanol–water partition coefficient (Wildman–Crippen LogP) is 5.39. The van der Waals surface area contributed by atoms with E-state index in [2.05, 4.69) is 31.2 Å². The van der Waals surface area contributed by atoms with Gasteiger partial charge in [-0.05, 0) is 81.1 Å². The highest BCUT2D eigenvalue weighted by molar-refractivity contribution is 5.69. The van der Waals surface area contributed by atoms with Gasteiger partial charge in [0.15, 0.2) is 0 Å². The summed E-state index contributed by atoms with van der Waals surface area (Å²) in [5.41, 5.74) is 3.46. The predicted molar refractivity (Wildman–Crippen MR) is 93.4 cm³/mol. The van der Waals surface area contributed by atoms with E-state index in [-0.39, 0.29) is 5.97 Å². The first-order valence-corrected chi connectivity index (χ1v) is 9.24. The number of esters is 1. The van der Waals surface area contributed by atoms with Crippen LogP contribution in [0.3, 0.4) is 0 Å². The lowest BCUT2D eigenvalue weighted by Gasteiger charge is -2.45. The maximum Gasteiger partial charge on any atom is 0.305 e. The Balaban J connectivity index is 1.51. The Bertz CT molecular complexity index is 513. The Hall–Kier alpha value is -1.31. The van der Waals surface area contributed by atoms with Crippen molar-refractivity contribution in [3.05, 3.63) is 35.4 Å². The maximum atomic E-state index is 11.4. The van der Waals surface area contributed by atoms with Gasteiger partial charge in [0.25, 0.3) is 0 Å². The second-order valence-corrected chi connectivity index (χ2v) is 7.91. The molecule has 2 heteroatoms. The third kappa shape index (κ3) is 3.97. The lowest BCUT2D eigenvalue weighted by molar-refractivity contribution is -0.142. The van der Waals surface area contributed by atoms with Crippen molar-refractivity contribution in [2.45, 2.75) is 70.6 Å². The summed E-state index contributed by atoms with van der Waals surface area (Å²) in [6, 6.07) is 9.14. The second-order valence-electron chi connectivity index (χ2n) is 7.91. The van der Waals surface area contributed by atoms with Crippen LogP contribution in [0, 0.1) is 18.3 Å². The van der Waals surface area contributed by atoms with Crippen LogP contribution in [0.2, 0.25) is 0 Å². The SMILES string of the molecule is COC(=O)CC1CCC2(CC1)CCC(c1ccc(C)cc1)CC2. The Morgan fingerprint density at radius 1 is 1.04 bits per heavy atom. The van der Waals surface area contributed by atoms with E-state index in [1.54, 1.807) is 0 Å². The first kappa shape index (κ1) is 16.5. The van der Waals surface area contributed by atoms with Crippen LogP contribution in [0.15, 0.2) is 24.3 Å². The minimum atomic E-state index is -0.0333. The number of methoxy groups -OCH3 is 1. The number of benzene rings is 1. The van der Waals surface area contributed by atoms with Crippen molar-refractivity contribution in [1.29, 1.82) is 0 Å². The molecule has 2 nitrogen and oxygen atoms in total. The zero-order valence-electron chi connectivity index (χ0n) is 14.6. The van der Waals surface area contributed by atoms with Crippen LogP contribution < -0.4 is 0 Å². The molecule has 2 fully saturated rings. The minimum Gasteiger partial charge on any atom is -0.469 e. The van der Waals surface area contributed by atoms with Crippen LogP contribution in [-0.2, 0) is 9.53 Å². The smallest absolute Gasteiger partial charge is 0.305 e. The molecule has 0 aromatic heterocycles. The number of ether oxygens (including phenoxy) is 1. The molecule has 23 heavy (non-hydrogen) atoms. The van der Waals surface area contributed by atoms with Crippen molar-refractivity contribution in [2.75, 3.05) is 7.11 Å². The fourth-order valence-electron chi connectivity index (χ4n) is 4.72. The van der Waals surface area contributed by atoms with Gasteiger partial charge in [-0.3, -0.25) is 4.79 Å². The lowest BCUT2D eigenvalue weighted by atomic mass is 9.60. The molecule has 0 bridgehead atoms. The van der Waals surface area contributed by atoms with Crippen molar-refractivity contribution >= 4 is 5.97 Å². The summed E-state index contributed by atoms with van der Waals surface area (Å²) in [6.45, 7) is 2.16. The second kappa shape index (κ2) is 7.07. The quantitative estimate of drug-likeness (QED) is 0.699. The number of carbonyl (C=O) groups is 1. The monoisotopic (exact) mass is 314 g/mol. The van der Waals surface area contributed by atoms with Gasteiger partial charge in [-0.15, -0.1) is 0 Å². The summed E-state index contributed by atoms with van der Waals surface area (Å²) in [7, 11) is 1.50. The van der Waals surface area contributed by atoms with Crippen LogP contribution >= 0.6 is 0 Å². The Morgan fingerprint density at radius 3 is 2.17 bits per heavy atom. The molecular weight excluding hydrogens is 284 g/mol. The van der Waals surface area contributed by atoms with Crippen molar-refractivity contribution in [1.82, 2.24) is 0 Å². The largest absolute Gasteiger partial charge is 0.469 e.